The van der Waals surface area contributed by atoms with Crippen LogP contribution < -0.4 is 11.5 Å². The van der Waals surface area contributed by atoms with Crippen molar-refractivity contribution in [2.45, 2.75) is 6.18 Å². The molecule has 88 valence electrons. The molecule has 0 spiro atoms. The summed E-state index contributed by atoms with van der Waals surface area (Å²) in [7, 11) is 0. The van der Waals surface area contributed by atoms with E-state index in [0.29, 0.717) is 0 Å². The van der Waals surface area contributed by atoms with Crippen molar-refractivity contribution in [1.29, 1.82) is 10.5 Å². The summed E-state index contributed by atoms with van der Waals surface area (Å²) in [5, 5.41) is 17.0. The lowest BCUT2D eigenvalue weighted by atomic mass is 9.99. The number of hydrogen-bond acceptors (Lipinski definition) is 4. The maximum atomic E-state index is 13.4. The van der Waals surface area contributed by atoms with Crippen molar-refractivity contribution < 1.29 is 17.6 Å². The molecule has 0 unspecified atom stereocenters. The third-order valence-corrected chi connectivity index (χ3v) is 2.02. The Balaban J connectivity index is 3.89. The van der Waals surface area contributed by atoms with Gasteiger partial charge >= 0.3 is 6.18 Å². The summed E-state index contributed by atoms with van der Waals surface area (Å²) >= 11 is 0. The molecule has 1 aromatic carbocycles. The van der Waals surface area contributed by atoms with E-state index >= 15 is 0 Å². The zero-order valence-electron chi connectivity index (χ0n) is 8.06. The lowest BCUT2D eigenvalue weighted by Gasteiger charge is -2.15. The quantitative estimate of drug-likeness (QED) is 0.536. The molecule has 0 fully saturated rings. The van der Waals surface area contributed by atoms with Gasteiger partial charge in [0, 0.05) is 0 Å². The average Bonchev–Trinajstić information content (AvgIpc) is 2.16. The van der Waals surface area contributed by atoms with Gasteiger partial charge in [0.25, 0.3) is 0 Å². The molecule has 17 heavy (non-hydrogen) atoms. The average molecular weight is 244 g/mol. The van der Waals surface area contributed by atoms with Crippen LogP contribution in [-0.2, 0) is 6.18 Å². The summed E-state index contributed by atoms with van der Waals surface area (Å²) < 4.78 is 51.1. The van der Waals surface area contributed by atoms with Crippen LogP contribution in [0.5, 0.6) is 0 Å². The SMILES string of the molecule is N#Cc1c(N)c(C(F)(F)F)c(N)c(C#N)c1F. The number of alkyl halides is 3. The molecule has 0 aliphatic carbocycles. The zero-order valence-corrected chi connectivity index (χ0v) is 8.06. The van der Waals surface area contributed by atoms with Gasteiger partial charge in [-0.2, -0.15) is 23.7 Å². The van der Waals surface area contributed by atoms with E-state index in [4.69, 9.17) is 22.0 Å². The van der Waals surface area contributed by atoms with Gasteiger partial charge in [-0.1, -0.05) is 0 Å². The molecule has 0 aliphatic rings. The van der Waals surface area contributed by atoms with Gasteiger partial charge in [0.15, 0.2) is 5.82 Å². The molecule has 1 rings (SSSR count). The number of nitriles is 2. The Hall–Kier alpha value is -2.48. The van der Waals surface area contributed by atoms with Crippen LogP contribution in [0.2, 0.25) is 0 Å². The second-order valence-electron chi connectivity index (χ2n) is 2.99. The molecule has 1 aromatic rings. The fourth-order valence-electron chi connectivity index (χ4n) is 1.28. The highest BCUT2D eigenvalue weighted by Crippen LogP contribution is 2.41. The molecule has 4 nitrogen and oxygen atoms in total. The lowest BCUT2D eigenvalue weighted by molar-refractivity contribution is -0.136. The highest BCUT2D eigenvalue weighted by Gasteiger charge is 2.39. The van der Waals surface area contributed by atoms with Crippen LogP contribution in [0.25, 0.3) is 0 Å². The predicted molar refractivity (Wildman–Crippen MR) is 49.7 cm³/mol. The topological polar surface area (TPSA) is 99.6 Å². The Morgan fingerprint density at radius 3 is 1.53 bits per heavy atom. The summed E-state index contributed by atoms with van der Waals surface area (Å²) in [4.78, 5) is 0. The maximum absolute atomic E-state index is 13.4. The summed E-state index contributed by atoms with van der Waals surface area (Å²) in [6.07, 6.45) is -4.97. The number of nitrogens with zero attached hydrogens (tertiary/aromatic N) is 2. The summed E-state index contributed by atoms with van der Waals surface area (Å²) in [6, 6.07) is 2.34. The highest BCUT2D eigenvalue weighted by atomic mass is 19.4. The van der Waals surface area contributed by atoms with E-state index in [0.717, 1.165) is 0 Å². The number of halogens is 4. The molecule has 0 bridgehead atoms. The van der Waals surface area contributed by atoms with E-state index in [-0.39, 0.29) is 0 Å². The van der Waals surface area contributed by atoms with Crippen LogP contribution in [0.4, 0.5) is 28.9 Å². The number of nitrogen functional groups attached to an aromatic ring is 2. The number of nitrogens with two attached hydrogens (primary N) is 2. The molecule has 4 N–H and O–H groups in total. The monoisotopic (exact) mass is 244 g/mol. The first-order valence-electron chi connectivity index (χ1n) is 4.03. The minimum atomic E-state index is -4.97. The summed E-state index contributed by atoms with van der Waals surface area (Å²) in [5.41, 5.74) is 4.19. The molecule has 0 atom stereocenters. The molecule has 0 saturated carbocycles. The molecular weight excluding hydrogens is 240 g/mol. The minimum absolute atomic E-state index is 1.04. The van der Waals surface area contributed by atoms with Crippen molar-refractivity contribution in [3.8, 4) is 12.1 Å². The molecule has 8 heteroatoms. The first-order valence-corrected chi connectivity index (χ1v) is 4.03. The number of hydrogen-bond donors (Lipinski definition) is 2. The standard InChI is InChI=1S/C9H4F4N4/c10-6-3(1-14)7(16)5(9(11,12)13)8(17)4(6)2-15/h16-17H2. The van der Waals surface area contributed by atoms with Crippen LogP contribution in [0, 0.1) is 28.5 Å². The highest BCUT2D eigenvalue weighted by molar-refractivity contribution is 5.75. The van der Waals surface area contributed by atoms with E-state index in [1.165, 1.54) is 12.1 Å². The van der Waals surface area contributed by atoms with Gasteiger partial charge in [-0.15, -0.1) is 0 Å². The second kappa shape index (κ2) is 3.83. The van der Waals surface area contributed by atoms with Crippen molar-refractivity contribution in [2.24, 2.45) is 0 Å². The summed E-state index contributed by atoms with van der Waals surface area (Å²) in [5.74, 6) is -1.45. The van der Waals surface area contributed by atoms with E-state index in [2.05, 4.69) is 0 Å². The van der Waals surface area contributed by atoms with Crippen LogP contribution >= 0.6 is 0 Å². The Kier molecular flexibility index (Phi) is 2.84. The van der Waals surface area contributed by atoms with Gasteiger partial charge in [0.1, 0.15) is 28.8 Å². The van der Waals surface area contributed by atoms with E-state index < -0.39 is 40.1 Å². The van der Waals surface area contributed by atoms with Crippen molar-refractivity contribution in [3.05, 3.63) is 22.5 Å². The van der Waals surface area contributed by atoms with Gasteiger partial charge in [-0.05, 0) is 0 Å². The van der Waals surface area contributed by atoms with Crippen LogP contribution in [0.15, 0.2) is 0 Å². The van der Waals surface area contributed by atoms with E-state index in [1.807, 2.05) is 0 Å². The number of anilines is 2. The van der Waals surface area contributed by atoms with Crippen molar-refractivity contribution >= 4 is 11.4 Å². The van der Waals surface area contributed by atoms with Gasteiger partial charge in [0.05, 0.1) is 11.4 Å². The van der Waals surface area contributed by atoms with E-state index in [1.54, 1.807) is 0 Å². The van der Waals surface area contributed by atoms with Crippen molar-refractivity contribution in [2.75, 3.05) is 11.5 Å². The maximum Gasteiger partial charge on any atom is 0.420 e. The van der Waals surface area contributed by atoms with Crippen LogP contribution in [0.3, 0.4) is 0 Å². The number of rotatable bonds is 0. The Morgan fingerprint density at radius 2 is 1.29 bits per heavy atom. The molecule has 0 heterocycles. The zero-order chi connectivity index (χ0) is 13.4. The molecule has 0 saturated heterocycles. The Labute approximate surface area is 92.7 Å². The fraction of sp³-hybridized carbons (Fsp3) is 0.111. The second-order valence-corrected chi connectivity index (χ2v) is 2.99. The third kappa shape index (κ3) is 1.81. The van der Waals surface area contributed by atoms with Crippen LogP contribution in [0.1, 0.15) is 16.7 Å². The molecule has 0 aromatic heterocycles. The molecule has 0 aliphatic heterocycles. The van der Waals surface area contributed by atoms with Gasteiger partial charge in [-0.25, -0.2) is 4.39 Å². The molecule has 0 radical (unpaired) electrons. The molecular formula is C9H4F4N4. The van der Waals surface area contributed by atoms with Crippen molar-refractivity contribution in [1.82, 2.24) is 0 Å². The van der Waals surface area contributed by atoms with Gasteiger partial charge in [0.2, 0.25) is 0 Å². The minimum Gasteiger partial charge on any atom is -0.397 e. The van der Waals surface area contributed by atoms with Crippen LogP contribution in [-0.4, -0.2) is 0 Å². The van der Waals surface area contributed by atoms with Gasteiger partial charge < -0.3 is 11.5 Å². The normalized spacial score (nSPS) is 10.7. The molecule has 0 amide bonds. The lowest BCUT2D eigenvalue weighted by Crippen LogP contribution is -2.16. The predicted octanol–water partition coefficient (Wildman–Crippen LogP) is 1.75. The van der Waals surface area contributed by atoms with E-state index in [9.17, 15) is 17.6 Å². The number of benzene rings is 1. The van der Waals surface area contributed by atoms with Gasteiger partial charge in [-0.3, -0.25) is 0 Å². The largest absolute Gasteiger partial charge is 0.420 e. The first-order chi connectivity index (χ1) is 7.75. The third-order valence-electron chi connectivity index (χ3n) is 2.02. The van der Waals surface area contributed by atoms with Crippen molar-refractivity contribution in [3.63, 3.8) is 0 Å². The Morgan fingerprint density at radius 1 is 0.941 bits per heavy atom. The Bertz CT molecular complexity index is 521. The first kappa shape index (κ1) is 12.6. The fourth-order valence-corrected chi connectivity index (χ4v) is 1.28. The summed E-state index contributed by atoms with van der Waals surface area (Å²) in [6.45, 7) is 0. The smallest absolute Gasteiger partial charge is 0.397 e.